The summed E-state index contributed by atoms with van der Waals surface area (Å²) < 4.78 is 38.9. The van der Waals surface area contributed by atoms with Crippen molar-refractivity contribution in [1.82, 2.24) is 5.32 Å². The van der Waals surface area contributed by atoms with Crippen molar-refractivity contribution in [2.24, 2.45) is 0 Å². The highest BCUT2D eigenvalue weighted by molar-refractivity contribution is 6.30. The highest BCUT2D eigenvalue weighted by Gasteiger charge is 2.34. The first-order valence-electron chi connectivity index (χ1n) is 7.19. The Labute approximate surface area is 142 Å². The quantitative estimate of drug-likeness (QED) is 0.834. The Hall–Kier alpha value is -2.05. The third kappa shape index (κ3) is 4.97. The third-order valence-electron chi connectivity index (χ3n) is 3.42. The summed E-state index contributed by atoms with van der Waals surface area (Å²) in [7, 11) is 0. The molecule has 1 amide bonds. The van der Waals surface area contributed by atoms with Gasteiger partial charge in [-0.25, -0.2) is 0 Å². The van der Waals surface area contributed by atoms with Crippen LogP contribution in [0.2, 0.25) is 5.02 Å². The van der Waals surface area contributed by atoms with Gasteiger partial charge in [0, 0.05) is 11.6 Å². The fraction of sp³-hybridized carbons (Fsp3) is 0.235. The van der Waals surface area contributed by atoms with Gasteiger partial charge in [0.2, 0.25) is 5.91 Å². The molecule has 2 aromatic carbocycles. The maximum absolute atomic E-state index is 13.0. The van der Waals surface area contributed by atoms with Crippen molar-refractivity contribution >= 4 is 23.2 Å². The summed E-state index contributed by atoms with van der Waals surface area (Å²) in [6.07, 6.45) is -4.60. The lowest BCUT2D eigenvalue weighted by Crippen LogP contribution is -2.28. The van der Waals surface area contributed by atoms with E-state index in [9.17, 15) is 18.0 Å². The molecule has 0 heterocycles. The summed E-state index contributed by atoms with van der Waals surface area (Å²) >= 11 is 5.60. The van der Waals surface area contributed by atoms with Gasteiger partial charge in [0.25, 0.3) is 0 Å². The predicted octanol–water partition coefficient (Wildman–Crippen LogP) is 4.40. The van der Waals surface area contributed by atoms with E-state index in [0.717, 1.165) is 23.3 Å². The van der Waals surface area contributed by atoms with Gasteiger partial charge in [0.05, 0.1) is 17.8 Å². The van der Waals surface area contributed by atoms with Crippen molar-refractivity contribution in [3.63, 3.8) is 0 Å². The summed E-state index contributed by atoms with van der Waals surface area (Å²) in [4.78, 5) is 11.9. The van der Waals surface area contributed by atoms with Crippen LogP contribution in [-0.4, -0.2) is 12.5 Å². The Kier molecular flexibility index (Phi) is 5.85. The van der Waals surface area contributed by atoms with E-state index in [1.165, 1.54) is 6.07 Å². The SMILES string of the molecule is Cc1ccccc1CNCC(=O)Nc1ccc(Cl)cc1C(F)(F)F. The fourth-order valence-electron chi connectivity index (χ4n) is 2.17. The molecule has 2 aromatic rings. The average molecular weight is 357 g/mol. The number of nitrogens with one attached hydrogen (secondary N) is 2. The van der Waals surface area contributed by atoms with Gasteiger partial charge in [0.1, 0.15) is 0 Å². The summed E-state index contributed by atoms with van der Waals surface area (Å²) in [6, 6.07) is 10.9. The number of carbonyl (C=O) groups excluding carboxylic acids is 1. The van der Waals surface area contributed by atoms with Gasteiger partial charge < -0.3 is 10.6 Å². The third-order valence-corrected chi connectivity index (χ3v) is 3.66. The molecule has 0 fully saturated rings. The van der Waals surface area contributed by atoms with Crippen LogP contribution in [0.3, 0.4) is 0 Å². The molecule has 0 bridgehead atoms. The zero-order valence-electron chi connectivity index (χ0n) is 12.9. The smallest absolute Gasteiger partial charge is 0.324 e. The molecule has 0 saturated carbocycles. The second-order valence-corrected chi connectivity index (χ2v) is 5.70. The molecule has 0 atom stereocenters. The lowest BCUT2D eigenvalue weighted by Gasteiger charge is -2.14. The summed E-state index contributed by atoms with van der Waals surface area (Å²) in [5.41, 5.74) is 0.812. The highest BCUT2D eigenvalue weighted by atomic mass is 35.5. The molecule has 0 aliphatic heterocycles. The van der Waals surface area contributed by atoms with Gasteiger partial charge in [-0.05, 0) is 36.2 Å². The van der Waals surface area contributed by atoms with Crippen LogP contribution in [0.5, 0.6) is 0 Å². The van der Waals surface area contributed by atoms with Crippen LogP contribution in [0.15, 0.2) is 42.5 Å². The van der Waals surface area contributed by atoms with E-state index in [0.29, 0.717) is 6.54 Å². The fourth-order valence-corrected chi connectivity index (χ4v) is 2.35. The van der Waals surface area contributed by atoms with Gasteiger partial charge in [0.15, 0.2) is 0 Å². The molecule has 3 nitrogen and oxygen atoms in total. The van der Waals surface area contributed by atoms with Gasteiger partial charge >= 0.3 is 6.18 Å². The van der Waals surface area contributed by atoms with E-state index in [1.54, 1.807) is 0 Å². The Balaban J connectivity index is 1.97. The monoisotopic (exact) mass is 356 g/mol. The molecule has 0 saturated heterocycles. The summed E-state index contributed by atoms with van der Waals surface area (Å²) in [5.74, 6) is -0.559. The molecular weight excluding hydrogens is 341 g/mol. The molecule has 7 heteroatoms. The van der Waals surface area contributed by atoms with Gasteiger partial charge in [-0.1, -0.05) is 35.9 Å². The zero-order chi connectivity index (χ0) is 17.7. The predicted molar refractivity (Wildman–Crippen MR) is 88.0 cm³/mol. The number of hydrogen-bond donors (Lipinski definition) is 2. The van der Waals surface area contributed by atoms with E-state index in [4.69, 9.17) is 11.6 Å². The first-order valence-corrected chi connectivity index (χ1v) is 7.57. The normalized spacial score (nSPS) is 11.4. The summed E-state index contributed by atoms with van der Waals surface area (Å²) in [6.45, 7) is 2.29. The molecule has 2 N–H and O–H groups in total. The minimum atomic E-state index is -4.60. The Morgan fingerprint density at radius 2 is 1.88 bits per heavy atom. The van der Waals surface area contributed by atoms with Crippen LogP contribution >= 0.6 is 11.6 Å². The Morgan fingerprint density at radius 1 is 1.17 bits per heavy atom. The lowest BCUT2D eigenvalue weighted by atomic mass is 10.1. The van der Waals surface area contributed by atoms with Crippen molar-refractivity contribution in [2.75, 3.05) is 11.9 Å². The standard InChI is InChI=1S/C17H16ClF3N2O/c1-11-4-2-3-5-12(11)9-22-10-16(24)23-15-7-6-13(18)8-14(15)17(19,20)21/h2-8,22H,9-10H2,1H3,(H,23,24). The number of anilines is 1. The van der Waals surface area contributed by atoms with Crippen molar-refractivity contribution in [2.45, 2.75) is 19.6 Å². The van der Waals surface area contributed by atoms with Crippen LogP contribution < -0.4 is 10.6 Å². The molecule has 2 rings (SSSR count). The maximum atomic E-state index is 13.0. The van der Waals surface area contributed by atoms with Crippen LogP contribution in [0.25, 0.3) is 0 Å². The molecule has 0 unspecified atom stereocenters. The molecule has 128 valence electrons. The van der Waals surface area contributed by atoms with Crippen molar-refractivity contribution in [3.05, 3.63) is 64.2 Å². The molecule has 0 aromatic heterocycles. The number of carbonyl (C=O) groups is 1. The second-order valence-electron chi connectivity index (χ2n) is 5.27. The van der Waals surface area contributed by atoms with Crippen molar-refractivity contribution in [3.8, 4) is 0 Å². The zero-order valence-corrected chi connectivity index (χ0v) is 13.6. The van der Waals surface area contributed by atoms with Gasteiger partial charge in [-0.2, -0.15) is 13.2 Å². The first kappa shape index (κ1) is 18.3. The number of benzene rings is 2. The van der Waals surface area contributed by atoms with Crippen LogP contribution in [0.1, 0.15) is 16.7 Å². The first-order chi connectivity index (χ1) is 11.3. The number of rotatable bonds is 5. The van der Waals surface area contributed by atoms with E-state index in [1.807, 2.05) is 31.2 Å². The minimum Gasteiger partial charge on any atom is -0.324 e. The number of aryl methyl sites for hydroxylation is 1. The number of amides is 1. The van der Waals surface area contributed by atoms with E-state index >= 15 is 0 Å². The topological polar surface area (TPSA) is 41.1 Å². The van der Waals surface area contributed by atoms with Gasteiger partial charge in [-0.15, -0.1) is 0 Å². The number of halogens is 4. The van der Waals surface area contributed by atoms with E-state index < -0.39 is 17.6 Å². The summed E-state index contributed by atoms with van der Waals surface area (Å²) in [5, 5.41) is 5.13. The van der Waals surface area contributed by atoms with Crippen molar-refractivity contribution in [1.29, 1.82) is 0 Å². The highest BCUT2D eigenvalue weighted by Crippen LogP contribution is 2.36. The van der Waals surface area contributed by atoms with Crippen LogP contribution in [0, 0.1) is 6.92 Å². The second kappa shape index (κ2) is 7.68. The van der Waals surface area contributed by atoms with Gasteiger partial charge in [-0.3, -0.25) is 4.79 Å². The number of hydrogen-bond acceptors (Lipinski definition) is 2. The molecule has 0 aliphatic rings. The Morgan fingerprint density at radius 3 is 2.54 bits per heavy atom. The Bertz CT molecular complexity index is 732. The van der Waals surface area contributed by atoms with Crippen molar-refractivity contribution < 1.29 is 18.0 Å². The molecule has 0 radical (unpaired) electrons. The average Bonchev–Trinajstić information content (AvgIpc) is 2.50. The molecule has 0 aliphatic carbocycles. The molecule has 0 spiro atoms. The number of alkyl halides is 3. The van der Waals surface area contributed by atoms with Crippen LogP contribution in [0.4, 0.5) is 18.9 Å². The molecule has 24 heavy (non-hydrogen) atoms. The minimum absolute atomic E-state index is 0.0435. The van der Waals surface area contributed by atoms with E-state index in [2.05, 4.69) is 10.6 Å². The maximum Gasteiger partial charge on any atom is 0.418 e. The lowest BCUT2D eigenvalue weighted by molar-refractivity contribution is -0.137. The molecular formula is C17H16ClF3N2O. The van der Waals surface area contributed by atoms with Crippen LogP contribution in [-0.2, 0) is 17.5 Å². The largest absolute Gasteiger partial charge is 0.418 e. The van der Waals surface area contributed by atoms with E-state index in [-0.39, 0.29) is 17.3 Å².